The van der Waals surface area contributed by atoms with Crippen LogP contribution in [0.5, 0.6) is 0 Å². The molecular weight excluding hydrogens is 287 g/mol. The summed E-state index contributed by atoms with van der Waals surface area (Å²) in [6.07, 6.45) is -0.0228. The van der Waals surface area contributed by atoms with Gasteiger partial charge in [-0.05, 0) is 25.0 Å². The lowest BCUT2D eigenvalue weighted by atomic mass is 10.0. The highest BCUT2D eigenvalue weighted by atomic mass is 79.9. The van der Waals surface area contributed by atoms with Gasteiger partial charge in [-0.3, -0.25) is 0 Å². The fraction of sp³-hybridized carbons (Fsp3) is 0.600. The van der Waals surface area contributed by atoms with Gasteiger partial charge in [0.25, 0.3) is 0 Å². The molecule has 3 unspecified atom stereocenters. The van der Waals surface area contributed by atoms with Gasteiger partial charge in [0.1, 0.15) is 6.17 Å². The SMILES string of the molecule is Cc1cc(C(Br)C2(C)CC2F)sc1Cl. The lowest BCUT2D eigenvalue weighted by Gasteiger charge is -2.14. The minimum absolute atomic E-state index is 0.0983. The van der Waals surface area contributed by atoms with Crippen LogP contribution in [0.15, 0.2) is 6.07 Å². The van der Waals surface area contributed by atoms with Crippen molar-refractivity contribution < 1.29 is 4.39 Å². The topological polar surface area (TPSA) is 0 Å². The number of halogens is 3. The monoisotopic (exact) mass is 296 g/mol. The molecule has 1 aromatic rings. The number of alkyl halides is 2. The molecule has 1 aliphatic carbocycles. The molecule has 78 valence electrons. The summed E-state index contributed by atoms with van der Waals surface area (Å²) in [5.41, 5.74) is 0.858. The predicted molar refractivity (Wildman–Crippen MR) is 63.4 cm³/mol. The molecule has 1 aromatic heterocycles. The van der Waals surface area contributed by atoms with E-state index in [0.717, 1.165) is 14.8 Å². The first kappa shape index (κ1) is 10.9. The summed E-state index contributed by atoms with van der Waals surface area (Å²) in [5.74, 6) is 0. The summed E-state index contributed by atoms with van der Waals surface area (Å²) in [6, 6.07) is 2.04. The summed E-state index contributed by atoms with van der Waals surface area (Å²) in [5, 5.41) is 0. The Morgan fingerprint density at radius 3 is 2.71 bits per heavy atom. The zero-order chi connectivity index (χ0) is 10.5. The molecule has 0 aromatic carbocycles. The maximum absolute atomic E-state index is 13.1. The second kappa shape index (κ2) is 3.46. The van der Waals surface area contributed by atoms with Crippen LogP contribution >= 0.6 is 38.9 Å². The molecule has 14 heavy (non-hydrogen) atoms. The molecule has 0 spiro atoms. The summed E-state index contributed by atoms with van der Waals surface area (Å²) >= 11 is 11.1. The zero-order valence-corrected chi connectivity index (χ0v) is 11.1. The van der Waals surface area contributed by atoms with Gasteiger partial charge in [-0.2, -0.15) is 0 Å². The molecule has 1 heterocycles. The normalized spacial score (nSPS) is 33.1. The van der Waals surface area contributed by atoms with Crippen molar-refractivity contribution in [3.8, 4) is 0 Å². The van der Waals surface area contributed by atoms with Crippen molar-refractivity contribution in [3.63, 3.8) is 0 Å². The average Bonchev–Trinajstić information content (AvgIpc) is 2.58. The standard InChI is InChI=1S/C10H11BrClFS/c1-5-3-6(14-9(5)12)8(11)10(2)4-7(10)13/h3,7-8H,4H2,1-2H3. The fourth-order valence-electron chi connectivity index (χ4n) is 1.52. The van der Waals surface area contributed by atoms with Crippen molar-refractivity contribution in [1.82, 2.24) is 0 Å². The van der Waals surface area contributed by atoms with Crippen molar-refractivity contribution in [2.75, 3.05) is 0 Å². The largest absolute Gasteiger partial charge is 0.247 e. The van der Waals surface area contributed by atoms with E-state index in [9.17, 15) is 4.39 Å². The van der Waals surface area contributed by atoms with Crippen LogP contribution in [0, 0.1) is 12.3 Å². The molecular formula is C10H11BrClFS. The summed E-state index contributed by atoms with van der Waals surface area (Å²) in [7, 11) is 0. The fourth-order valence-corrected chi connectivity index (χ4v) is 3.77. The number of rotatable bonds is 2. The number of aryl methyl sites for hydroxylation is 1. The molecule has 0 N–H and O–H groups in total. The molecule has 2 rings (SSSR count). The van der Waals surface area contributed by atoms with Gasteiger partial charge in [-0.1, -0.05) is 34.5 Å². The van der Waals surface area contributed by atoms with Crippen LogP contribution in [0.3, 0.4) is 0 Å². The highest BCUT2D eigenvalue weighted by Gasteiger charge is 2.56. The molecule has 3 atom stereocenters. The van der Waals surface area contributed by atoms with E-state index in [0.29, 0.717) is 6.42 Å². The lowest BCUT2D eigenvalue weighted by molar-refractivity contribution is 0.376. The molecule has 0 nitrogen and oxygen atoms in total. The molecule has 4 heteroatoms. The van der Waals surface area contributed by atoms with E-state index in [-0.39, 0.29) is 10.2 Å². The maximum Gasteiger partial charge on any atom is 0.108 e. The summed E-state index contributed by atoms with van der Waals surface area (Å²) in [6.45, 7) is 3.95. The lowest BCUT2D eigenvalue weighted by Crippen LogP contribution is -2.05. The minimum Gasteiger partial charge on any atom is -0.247 e. The Bertz CT molecular complexity index is 346. The third-order valence-corrected chi connectivity index (χ3v) is 6.34. The molecule has 0 radical (unpaired) electrons. The van der Waals surface area contributed by atoms with Gasteiger partial charge in [0.2, 0.25) is 0 Å². The molecule has 0 aliphatic heterocycles. The van der Waals surface area contributed by atoms with Crippen LogP contribution in [0.2, 0.25) is 4.34 Å². The van der Waals surface area contributed by atoms with Gasteiger partial charge >= 0.3 is 0 Å². The molecule has 1 saturated carbocycles. The van der Waals surface area contributed by atoms with Crippen LogP contribution in [0.25, 0.3) is 0 Å². The quantitative estimate of drug-likeness (QED) is 0.682. The first-order chi connectivity index (χ1) is 6.45. The van der Waals surface area contributed by atoms with E-state index < -0.39 is 6.17 Å². The van der Waals surface area contributed by atoms with Crippen molar-refractivity contribution in [2.24, 2.45) is 5.41 Å². The van der Waals surface area contributed by atoms with Gasteiger partial charge in [-0.15, -0.1) is 11.3 Å². The zero-order valence-electron chi connectivity index (χ0n) is 7.98. The van der Waals surface area contributed by atoms with E-state index in [2.05, 4.69) is 15.9 Å². The van der Waals surface area contributed by atoms with Gasteiger partial charge < -0.3 is 0 Å². The van der Waals surface area contributed by atoms with Gasteiger partial charge in [-0.25, -0.2) is 4.39 Å². The number of hydrogen-bond acceptors (Lipinski definition) is 1. The van der Waals surface area contributed by atoms with Crippen LogP contribution in [0.4, 0.5) is 4.39 Å². The molecule has 0 bridgehead atoms. The predicted octanol–water partition coefficient (Wildman–Crippen LogP) is 4.89. The average molecular weight is 298 g/mol. The van der Waals surface area contributed by atoms with Crippen molar-refractivity contribution in [3.05, 3.63) is 20.8 Å². The van der Waals surface area contributed by atoms with Crippen molar-refractivity contribution >= 4 is 38.9 Å². The van der Waals surface area contributed by atoms with E-state index >= 15 is 0 Å². The summed E-state index contributed by atoms with van der Waals surface area (Å²) < 4.78 is 14.0. The second-order valence-corrected chi connectivity index (χ2v) is 6.75. The van der Waals surface area contributed by atoms with Crippen molar-refractivity contribution in [1.29, 1.82) is 0 Å². The number of thiophene rings is 1. The third kappa shape index (κ3) is 1.63. The van der Waals surface area contributed by atoms with Crippen molar-refractivity contribution in [2.45, 2.75) is 31.3 Å². The minimum atomic E-state index is -0.673. The second-order valence-electron chi connectivity index (χ2n) is 4.15. The van der Waals surface area contributed by atoms with E-state index in [1.54, 1.807) is 11.3 Å². The Balaban J connectivity index is 2.24. The van der Waals surface area contributed by atoms with Gasteiger partial charge in [0.15, 0.2) is 0 Å². The highest BCUT2D eigenvalue weighted by Crippen LogP contribution is 2.61. The van der Waals surface area contributed by atoms with E-state index in [4.69, 9.17) is 11.6 Å². The molecule has 0 amide bonds. The van der Waals surface area contributed by atoms with E-state index in [1.165, 1.54) is 0 Å². The van der Waals surface area contributed by atoms with Crippen LogP contribution < -0.4 is 0 Å². The van der Waals surface area contributed by atoms with Crippen LogP contribution in [0.1, 0.15) is 28.6 Å². The van der Waals surface area contributed by atoms with Gasteiger partial charge in [0, 0.05) is 10.3 Å². The van der Waals surface area contributed by atoms with Crippen LogP contribution in [-0.4, -0.2) is 6.17 Å². The van der Waals surface area contributed by atoms with E-state index in [1.807, 2.05) is 19.9 Å². The molecule has 0 saturated heterocycles. The Labute approximate surface area is 101 Å². The Morgan fingerprint density at radius 1 is 1.79 bits per heavy atom. The Hall–Kier alpha value is 0.400. The third-order valence-electron chi connectivity index (χ3n) is 2.88. The summed E-state index contributed by atoms with van der Waals surface area (Å²) in [4.78, 5) is 1.23. The first-order valence-electron chi connectivity index (χ1n) is 4.49. The Kier molecular flexibility index (Phi) is 2.70. The Morgan fingerprint density at radius 2 is 2.36 bits per heavy atom. The molecule has 1 fully saturated rings. The van der Waals surface area contributed by atoms with Gasteiger partial charge in [0.05, 0.1) is 9.16 Å². The maximum atomic E-state index is 13.1. The van der Waals surface area contributed by atoms with Crippen LogP contribution in [-0.2, 0) is 0 Å². The smallest absolute Gasteiger partial charge is 0.108 e. The molecule has 1 aliphatic rings. The highest BCUT2D eigenvalue weighted by molar-refractivity contribution is 9.09. The first-order valence-corrected chi connectivity index (χ1v) is 6.60. The number of hydrogen-bond donors (Lipinski definition) is 0.